The van der Waals surface area contributed by atoms with Crippen molar-refractivity contribution in [1.82, 2.24) is 16.0 Å². The number of nitrogens with one attached hydrogen (secondary N) is 3. The van der Waals surface area contributed by atoms with E-state index in [0.717, 1.165) is 5.56 Å². The molecule has 0 bridgehead atoms. The number of carbonyl (C=O) groups is 4. The Morgan fingerprint density at radius 3 is 1.94 bits per heavy atom. The minimum Gasteiger partial charge on any atom is -0.508 e. The summed E-state index contributed by atoms with van der Waals surface area (Å²) in [4.78, 5) is 49.5. The first-order valence-corrected chi connectivity index (χ1v) is 12.1. The van der Waals surface area contributed by atoms with Gasteiger partial charge in [0.2, 0.25) is 23.6 Å². The van der Waals surface area contributed by atoms with Crippen LogP contribution in [0, 0.1) is 11.8 Å². The van der Waals surface area contributed by atoms with Crippen molar-refractivity contribution in [2.24, 2.45) is 23.3 Å². The molecular weight excluding hydrogens is 466 g/mol. The Hall–Kier alpha value is -3.02. The van der Waals surface area contributed by atoms with Crippen molar-refractivity contribution in [2.75, 3.05) is 0 Å². The van der Waals surface area contributed by atoms with E-state index in [1.54, 1.807) is 39.8 Å². The van der Waals surface area contributed by atoms with E-state index in [9.17, 15) is 29.4 Å². The van der Waals surface area contributed by atoms with Crippen LogP contribution in [-0.2, 0) is 25.6 Å². The second-order valence-electron chi connectivity index (χ2n) is 9.79. The third-order valence-electron chi connectivity index (χ3n) is 5.80. The summed E-state index contributed by atoms with van der Waals surface area (Å²) >= 11 is 0. The van der Waals surface area contributed by atoms with Crippen molar-refractivity contribution in [3.8, 4) is 5.75 Å². The molecule has 0 saturated carbocycles. The molecule has 0 spiro atoms. The lowest BCUT2D eigenvalue weighted by atomic mass is 9.97. The van der Waals surface area contributed by atoms with Crippen LogP contribution < -0.4 is 27.4 Å². The van der Waals surface area contributed by atoms with Crippen LogP contribution in [0.25, 0.3) is 0 Å². The molecule has 1 aromatic rings. The Bertz CT molecular complexity index is 887. The molecule has 11 nitrogen and oxygen atoms in total. The molecule has 9 N–H and O–H groups in total. The summed E-state index contributed by atoms with van der Waals surface area (Å²) in [6.45, 7) is 8.48. The molecule has 11 heteroatoms. The topological polar surface area (TPSA) is 197 Å². The number of phenolic OH excluding ortho intramolecular Hbond substituents is 1. The standard InChI is InChI=1S/C25H41N5O6/c1-13(2)21(27)24(35)30-25(36)22(14(3)4)29-20(33)11-10-19(32)18(28-23(34)15(5)26)12-16-6-8-17(31)9-7-16/h6-9,13-15,18-19,21-22,31-32H,10-12,26-27H2,1-5H3,(H,28,34)(H,29,33)(H,30,35,36)/t15-,18-,19-,21-,22-/m0/s1. The first-order valence-electron chi connectivity index (χ1n) is 12.1. The van der Waals surface area contributed by atoms with Gasteiger partial charge in [0.25, 0.3) is 0 Å². The van der Waals surface area contributed by atoms with Crippen LogP contribution in [0.3, 0.4) is 0 Å². The van der Waals surface area contributed by atoms with Gasteiger partial charge < -0.3 is 32.3 Å². The van der Waals surface area contributed by atoms with Crippen molar-refractivity contribution in [2.45, 2.75) is 84.2 Å². The Kier molecular flexibility index (Phi) is 12.5. The number of benzene rings is 1. The fraction of sp³-hybridized carbons (Fsp3) is 0.600. The lowest BCUT2D eigenvalue weighted by Gasteiger charge is -2.26. The molecule has 5 atom stereocenters. The third-order valence-corrected chi connectivity index (χ3v) is 5.80. The van der Waals surface area contributed by atoms with Crippen molar-refractivity contribution >= 4 is 23.6 Å². The number of phenols is 1. The molecule has 0 saturated heterocycles. The molecule has 202 valence electrons. The fourth-order valence-corrected chi connectivity index (χ4v) is 3.33. The first-order chi connectivity index (χ1) is 16.7. The van der Waals surface area contributed by atoms with Crippen LogP contribution in [-0.4, -0.2) is 64.1 Å². The molecule has 0 unspecified atom stereocenters. The summed E-state index contributed by atoms with van der Waals surface area (Å²) in [6, 6.07) is 2.97. The van der Waals surface area contributed by atoms with Gasteiger partial charge in [0, 0.05) is 6.42 Å². The number of hydrogen-bond acceptors (Lipinski definition) is 8. The number of rotatable bonds is 13. The first kappa shape index (κ1) is 31.0. The molecule has 1 rings (SSSR count). The van der Waals surface area contributed by atoms with Gasteiger partial charge in [-0.15, -0.1) is 0 Å². The SMILES string of the molecule is CC(C)[C@H](N)C(=O)NC(=O)[C@@H](NC(=O)CC[C@H](O)[C@H](Cc1ccc(O)cc1)NC(=O)[C@H](C)N)C(C)C. The number of carbonyl (C=O) groups excluding carboxylic acids is 4. The summed E-state index contributed by atoms with van der Waals surface area (Å²) in [5, 5.41) is 27.8. The van der Waals surface area contributed by atoms with E-state index in [1.807, 2.05) is 0 Å². The molecular formula is C25H41N5O6. The van der Waals surface area contributed by atoms with Crippen molar-refractivity contribution in [1.29, 1.82) is 0 Å². The third kappa shape index (κ3) is 10.3. The van der Waals surface area contributed by atoms with Crippen molar-refractivity contribution < 1.29 is 29.4 Å². The Morgan fingerprint density at radius 1 is 0.861 bits per heavy atom. The summed E-state index contributed by atoms with van der Waals surface area (Å²) in [5.41, 5.74) is 12.2. The zero-order chi connectivity index (χ0) is 27.6. The van der Waals surface area contributed by atoms with Crippen LogP contribution in [0.15, 0.2) is 24.3 Å². The maximum absolute atomic E-state index is 12.6. The molecule has 0 aromatic heterocycles. The average molecular weight is 508 g/mol. The zero-order valence-corrected chi connectivity index (χ0v) is 21.7. The fourth-order valence-electron chi connectivity index (χ4n) is 3.33. The second-order valence-corrected chi connectivity index (χ2v) is 9.79. The predicted molar refractivity (Wildman–Crippen MR) is 135 cm³/mol. The molecule has 4 amide bonds. The van der Waals surface area contributed by atoms with Gasteiger partial charge in [0.05, 0.1) is 24.2 Å². The van der Waals surface area contributed by atoms with Gasteiger partial charge in [-0.25, -0.2) is 0 Å². The number of amides is 4. The Labute approximate surface area is 212 Å². The van der Waals surface area contributed by atoms with Gasteiger partial charge >= 0.3 is 0 Å². The molecule has 0 aliphatic carbocycles. The van der Waals surface area contributed by atoms with Gasteiger partial charge in [-0.2, -0.15) is 0 Å². The summed E-state index contributed by atoms with van der Waals surface area (Å²) in [6.07, 6.45) is -0.977. The van der Waals surface area contributed by atoms with Gasteiger partial charge in [-0.1, -0.05) is 39.8 Å². The number of aliphatic hydroxyl groups excluding tert-OH is 1. The maximum Gasteiger partial charge on any atom is 0.249 e. The van der Waals surface area contributed by atoms with Gasteiger partial charge in [0.1, 0.15) is 11.8 Å². The molecule has 0 fully saturated rings. The van der Waals surface area contributed by atoms with E-state index in [0.29, 0.717) is 0 Å². The lowest BCUT2D eigenvalue weighted by molar-refractivity contribution is -0.136. The predicted octanol–water partition coefficient (Wildman–Crippen LogP) is -0.325. The number of imide groups is 1. The number of aliphatic hydroxyl groups is 1. The highest BCUT2D eigenvalue weighted by Gasteiger charge is 2.29. The van der Waals surface area contributed by atoms with Gasteiger partial charge in [-0.3, -0.25) is 24.5 Å². The van der Waals surface area contributed by atoms with Crippen LogP contribution in [0.5, 0.6) is 5.75 Å². The highest BCUT2D eigenvalue weighted by molar-refractivity contribution is 6.01. The molecule has 0 heterocycles. The largest absolute Gasteiger partial charge is 0.508 e. The number of nitrogens with two attached hydrogens (primary N) is 2. The van der Waals surface area contributed by atoms with E-state index >= 15 is 0 Å². The monoisotopic (exact) mass is 507 g/mol. The molecule has 0 aliphatic rings. The highest BCUT2D eigenvalue weighted by Crippen LogP contribution is 2.15. The molecule has 36 heavy (non-hydrogen) atoms. The van der Waals surface area contributed by atoms with E-state index in [4.69, 9.17) is 11.5 Å². The average Bonchev–Trinajstić information content (AvgIpc) is 2.80. The van der Waals surface area contributed by atoms with Crippen LogP contribution in [0.1, 0.15) is 53.0 Å². The van der Waals surface area contributed by atoms with Crippen LogP contribution in [0.4, 0.5) is 0 Å². The van der Waals surface area contributed by atoms with E-state index in [-0.39, 0.29) is 36.8 Å². The normalized spacial score (nSPS) is 15.5. The van der Waals surface area contributed by atoms with E-state index in [2.05, 4.69) is 16.0 Å². The minimum atomic E-state index is -1.09. The highest BCUT2D eigenvalue weighted by atomic mass is 16.3. The van der Waals surface area contributed by atoms with Gasteiger partial charge in [0.15, 0.2) is 0 Å². The smallest absolute Gasteiger partial charge is 0.249 e. The Morgan fingerprint density at radius 2 is 1.44 bits per heavy atom. The lowest BCUT2D eigenvalue weighted by Crippen LogP contribution is -2.55. The van der Waals surface area contributed by atoms with E-state index in [1.165, 1.54) is 19.1 Å². The van der Waals surface area contributed by atoms with Gasteiger partial charge in [-0.05, 0) is 49.3 Å². The summed E-state index contributed by atoms with van der Waals surface area (Å²) in [7, 11) is 0. The quantitative estimate of drug-likeness (QED) is 0.188. The maximum atomic E-state index is 12.6. The number of aromatic hydroxyl groups is 1. The van der Waals surface area contributed by atoms with Crippen molar-refractivity contribution in [3.05, 3.63) is 29.8 Å². The molecule has 0 aliphatic heterocycles. The molecule has 1 aromatic carbocycles. The van der Waals surface area contributed by atoms with Crippen LogP contribution in [0.2, 0.25) is 0 Å². The minimum absolute atomic E-state index is 0.00258. The summed E-state index contributed by atoms with van der Waals surface area (Å²) in [5.74, 6) is -2.61. The Balaban J connectivity index is 2.79. The second kappa shape index (κ2) is 14.5. The van der Waals surface area contributed by atoms with Crippen molar-refractivity contribution in [3.63, 3.8) is 0 Å². The van der Waals surface area contributed by atoms with Crippen LogP contribution >= 0.6 is 0 Å². The summed E-state index contributed by atoms with van der Waals surface area (Å²) < 4.78 is 0. The van der Waals surface area contributed by atoms with E-state index < -0.39 is 53.9 Å². The zero-order valence-electron chi connectivity index (χ0n) is 21.7. The number of hydrogen-bond donors (Lipinski definition) is 7. The molecule has 0 radical (unpaired) electrons.